The maximum absolute atomic E-state index is 12.7. The van der Waals surface area contributed by atoms with Crippen LogP contribution >= 0.6 is 25.3 Å². The topological polar surface area (TPSA) is 171 Å². The third-order valence-electron chi connectivity index (χ3n) is 4.10. The molecule has 0 aliphatic carbocycles. The fourth-order valence-electron chi connectivity index (χ4n) is 2.53. The van der Waals surface area contributed by atoms with Crippen LogP contribution in [0.4, 0.5) is 0 Å². The molecule has 0 saturated carbocycles. The molecule has 13 nitrogen and oxygen atoms in total. The lowest BCUT2D eigenvalue weighted by molar-refractivity contribution is -0.144. The van der Waals surface area contributed by atoms with Crippen LogP contribution in [-0.4, -0.2) is 69.5 Å². The summed E-state index contributed by atoms with van der Waals surface area (Å²) in [4.78, 5) is 72.7. The van der Waals surface area contributed by atoms with E-state index in [0.29, 0.717) is 13.7 Å². The van der Waals surface area contributed by atoms with Gasteiger partial charge in [-0.15, -0.1) is 0 Å². The van der Waals surface area contributed by atoms with E-state index in [1.807, 2.05) is 0 Å². The molecule has 0 atom stereocenters. The van der Waals surface area contributed by atoms with E-state index in [4.69, 9.17) is 19.9 Å². The number of nitrogens with zero attached hydrogens (tertiary/aromatic N) is 3. The van der Waals surface area contributed by atoms with Crippen molar-refractivity contribution in [1.82, 2.24) is 13.7 Å². The summed E-state index contributed by atoms with van der Waals surface area (Å²) >= 11 is 7.83. The molecule has 33 heavy (non-hydrogen) atoms. The molecular weight excluding hydrogens is 480 g/mol. The molecule has 0 bridgehead atoms. The molecule has 1 aromatic heterocycles. The van der Waals surface area contributed by atoms with Crippen molar-refractivity contribution >= 4 is 43.2 Å². The van der Waals surface area contributed by atoms with Crippen molar-refractivity contribution in [1.29, 1.82) is 0 Å². The van der Waals surface area contributed by atoms with Crippen LogP contribution in [0.15, 0.2) is 14.4 Å². The quantitative estimate of drug-likeness (QED) is 0.134. The van der Waals surface area contributed by atoms with E-state index >= 15 is 0 Å². The van der Waals surface area contributed by atoms with Crippen molar-refractivity contribution < 1.29 is 28.6 Å². The third kappa shape index (κ3) is 9.47. The Balaban J connectivity index is 3.13. The van der Waals surface area contributed by atoms with Crippen molar-refractivity contribution in [3.05, 3.63) is 31.5 Å². The number of carbonyl (C=O) groups is 3. The van der Waals surface area contributed by atoms with E-state index in [-0.39, 0.29) is 76.8 Å². The van der Waals surface area contributed by atoms with Gasteiger partial charge in [0.2, 0.25) is 0 Å². The molecule has 0 fully saturated rings. The Hall–Kier alpha value is -2.52. The first kappa shape index (κ1) is 28.5. The molecule has 1 rings (SSSR count). The smallest absolute Gasteiger partial charge is 0.336 e. The Kier molecular flexibility index (Phi) is 13.3. The van der Waals surface area contributed by atoms with Crippen molar-refractivity contribution in [2.24, 2.45) is 5.73 Å². The van der Waals surface area contributed by atoms with Gasteiger partial charge in [0.25, 0.3) is 0 Å². The van der Waals surface area contributed by atoms with Crippen molar-refractivity contribution in [3.63, 3.8) is 0 Å². The van der Waals surface area contributed by atoms with Gasteiger partial charge in [0.05, 0.1) is 38.9 Å². The zero-order valence-electron chi connectivity index (χ0n) is 18.0. The first-order chi connectivity index (χ1) is 15.8. The maximum Gasteiger partial charge on any atom is 0.336 e. The summed E-state index contributed by atoms with van der Waals surface area (Å²) in [6, 6.07) is 0. The van der Waals surface area contributed by atoms with Crippen molar-refractivity contribution in [2.75, 3.05) is 37.9 Å². The number of hydrogen-bond acceptors (Lipinski definition) is 12. The molecule has 0 saturated heterocycles. The summed E-state index contributed by atoms with van der Waals surface area (Å²) in [6.45, 7) is -1.77. The highest BCUT2D eigenvalue weighted by Gasteiger charge is 2.17. The lowest BCUT2D eigenvalue weighted by Crippen LogP contribution is -2.55. The van der Waals surface area contributed by atoms with Crippen LogP contribution in [0.3, 0.4) is 0 Å². The molecule has 0 amide bonds. The second kappa shape index (κ2) is 15.3. The summed E-state index contributed by atoms with van der Waals surface area (Å²) in [5.41, 5.74) is 2.37. The average molecular weight is 509 g/mol. The fraction of sp³-hybridized carbons (Fsp3) is 0.667. The largest absolute Gasteiger partial charge is 0.464 e. The van der Waals surface area contributed by atoms with E-state index < -0.39 is 35.0 Å². The van der Waals surface area contributed by atoms with Gasteiger partial charge in [0.15, 0.2) is 0 Å². The molecule has 186 valence electrons. The minimum Gasteiger partial charge on any atom is -0.464 e. The zero-order valence-corrected chi connectivity index (χ0v) is 19.8. The summed E-state index contributed by atoms with van der Waals surface area (Å²) in [7, 11) is 0. The first-order valence-corrected chi connectivity index (χ1v) is 11.4. The van der Waals surface area contributed by atoms with Gasteiger partial charge in [0.1, 0.15) is 19.8 Å². The first-order valence-electron chi connectivity index (χ1n) is 10.1. The van der Waals surface area contributed by atoms with Crippen LogP contribution < -0.4 is 22.8 Å². The molecule has 15 heteroatoms. The molecule has 0 aliphatic rings. The zero-order chi connectivity index (χ0) is 24.8. The van der Waals surface area contributed by atoms with Crippen molar-refractivity contribution in [2.45, 2.75) is 38.9 Å². The van der Waals surface area contributed by atoms with Gasteiger partial charge in [-0.05, 0) is 0 Å². The second-order valence-corrected chi connectivity index (χ2v) is 7.34. The molecule has 0 aliphatic heterocycles. The Morgan fingerprint density at radius 1 is 0.636 bits per heavy atom. The maximum atomic E-state index is 12.7. The highest BCUT2D eigenvalue weighted by molar-refractivity contribution is 7.80. The monoisotopic (exact) mass is 508 g/mol. The highest BCUT2D eigenvalue weighted by atomic mass is 32.1. The van der Waals surface area contributed by atoms with Gasteiger partial charge in [-0.2, -0.15) is 25.3 Å². The van der Waals surface area contributed by atoms with E-state index in [0.717, 1.165) is 0 Å². The summed E-state index contributed by atoms with van der Waals surface area (Å²) in [5, 5.41) is 0. The number of hydrogen-bond donors (Lipinski definition) is 3. The van der Waals surface area contributed by atoms with Crippen LogP contribution in [0, 0.1) is 0 Å². The molecule has 0 spiro atoms. The van der Waals surface area contributed by atoms with E-state index in [1.54, 1.807) is 0 Å². The van der Waals surface area contributed by atoms with Crippen LogP contribution in [0.2, 0.25) is 0 Å². The second-order valence-electron chi connectivity index (χ2n) is 6.45. The van der Waals surface area contributed by atoms with E-state index in [2.05, 4.69) is 25.3 Å². The third-order valence-corrected chi connectivity index (χ3v) is 4.55. The summed E-state index contributed by atoms with van der Waals surface area (Å²) < 4.78 is 16.9. The van der Waals surface area contributed by atoms with Crippen molar-refractivity contribution in [3.8, 4) is 0 Å². The predicted molar refractivity (Wildman–Crippen MR) is 123 cm³/mol. The molecule has 2 N–H and O–H groups in total. The van der Waals surface area contributed by atoms with Gasteiger partial charge < -0.3 is 19.9 Å². The highest BCUT2D eigenvalue weighted by Crippen LogP contribution is 1.92. The molecular formula is C18H28N4O9S2. The summed E-state index contributed by atoms with van der Waals surface area (Å²) in [6.07, 6.45) is 0.0645. The molecule has 0 unspecified atom stereocenters. The number of esters is 3. The number of carbonyl (C=O) groups excluding carboxylic acids is 3. The van der Waals surface area contributed by atoms with Gasteiger partial charge in [0, 0.05) is 18.1 Å². The Morgan fingerprint density at radius 3 is 1.21 bits per heavy atom. The number of nitrogens with two attached hydrogens (primary N) is 1. The molecule has 0 aromatic carbocycles. The normalized spacial score (nSPS) is 10.6. The Morgan fingerprint density at radius 2 is 0.939 bits per heavy atom. The fourth-order valence-corrected chi connectivity index (χ4v) is 2.89. The number of ether oxygens (including phenoxy) is 3. The Labute approximate surface area is 199 Å². The molecule has 0 radical (unpaired) electrons. The average Bonchev–Trinajstić information content (AvgIpc) is 2.76. The van der Waals surface area contributed by atoms with Crippen LogP contribution in [-0.2, 0) is 48.2 Å². The van der Waals surface area contributed by atoms with Crippen LogP contribution in [0.1, 0.15) is 19.3 Å². The van der Waals surface area contributed by atoms with Crippen LogP contribution in [0.5, 0.6) is 0 Å². The minimum atomic E-state index is -0.964. The summed E-state index contributed by atoms with van der Waals surface area (Å²) in [5.74, 6) is -1.19. The minimum absolute atomic E-state index is 0.0338. The Bertz CT molecular complexity index is 833. The molecule has 1 heterocycles. The standard InChI is InChI=1S/C18H28N4O9S2/c19-4-1-13(23)29-8-5-20-16(26)21(6-9-30-14(24)2-11-32)18(28)22(17(20)27)7-10-31-15(25)3-12-33/h32-33H,1-12,19H2. The van der Waals surface area contributed by atoms with Gasteiger partial charge in [-0.25, -0.2) is 28.1 Å². The van der Waals surface area contributed by atoms with E-state index in [1.165, 1.54) is 0 Å². The van der Waals surface area contributed by atoms with Gasteiger partial charge >= 0.3 is 35.0 Å². The van der Waals surface area contributed by atoms with Gasteiger partial charge in [-0.3, -0.25) is 14.4 Å². The van der Waals surface area contributed by atoms with E-state index in [9.17, 15) is 28.8 Å². The lowest BCUT2D eigenvalue weighted by Gasteiger charge is -2.14. The SMILES string of the molecule is NCCC(=O)OCCn1c(=O)n(CCOC(=O)CCS)c(=O)n(CCOC(=O)CCS)c1=O. The van der Waals surface area contributed by atoms with Gasteiger partial charge in [-0.1, -0.05) is 0 Å². The number of thiol groups is 2. The molecule has 1 aromatic rings. The number of aromatic nitrogens is 3. The predicted octanol–water partition coefficient (Wildman–Crippen LogP) is -2.21. The number of rotatable bonds is 15. The lowest BCUT2D eigenvalue weighted by atomic mass is 10.4. The van der Waals surface area contributed by atoms with Crippen LogP contribution in [0.25, 0.3) is 0 Å².